The molecular weight excluding hydrogens is 210 g/mol. The number of nitrogens with one attached hydrogen (secondary N) is 1. The van der Waals surface area contributed by atoms with Gasteiger partial charge in [0, 0.05) is 5.02 Å². The Labute approximate surface area is 96.6 Å². The first-order valence-electron chi connectivity index (χ1n) is 5.33. The minimum atomic E-state index is 0.724. The fraction of sp³-hybridized carbons (Fsp3) is 0.500. The molecule has 0 spiro atoms. The highest BCUT2D eigenvalue weighted by atomic mass is 35.5. The van der Waals surface area contributed by atoms with Crippen LogP contribution in [0, 0.1) is 6.92 Å². The topological polar surface area (TPSA) is 21.3 Å². The Morgan fingerprint density at radius 3 is 2.93 bits per heavy atom. The molecule has 1 aromatic carbocycles. The van der Waals surface area contributed by atoms with Crippen LogP contribution in [0.2, 0.25) is 5.02 Å². The van der Waals surface area contributed by atoms with Gasteiger partial charge in [-0.2, -0.15) is 0 Å². The maximum Gasteiger partial charge on any atom is 0.123 e. The first-order chi connectivity index (χ1) is 7.24. The molecule has 1 rings (SSSR count). The fourth-order valence-corrected chi connectivity index (χ4v) is 1.45. The molecule has 0 bridgehead atoms. The number of halogens is 1. The van der Waals surface area contributed by atoms with Crippen molar-refractivity contribution in [1.82, 2.24) is 5.32 Å². The Bertz CT molecular complexity index is 302. The van der Waals surface area contributed by atoms with Crippen molar-refractivity contribution in [2.24, 2.45) is 0 Å². The summed E-state index contributed by atoms with van der Waals surface area (Å²) in [7, 11) is 0. The molecule has 0 saturated heterocycles. The SMILES string of the molecule is CCNCCCOc1cc(Cl)ccc1C. The number of hydrogen-bond acceptors (Lipinski definition) is 2. The average Bonchev–Trinajstić information content (AvgIpc) is 2.23. The van der Waals surface area contributed by atoms with Crippen molar-refractivity contribution < 1.29 is 4.74 Å². The molecule has 0 aromatic heterocycles. The van der Waals surface area contributed by atoms with Crippen LogP contribution >= 0.6 is 11.6 Å². The lowest BCUT2D eigenvalue weighted by atomic mass is 10.2. The Hall–Kier alpha value is -0.730. The molecule has 0 amide bonds. The summed E-state index contributed by atoms with van der Waals surface area (Å²) in [5.74, 6) is 0.888. The predicted octanol–water partition coefficient (Wildman–Crippen LogP) is 3.03. The van der Waals surface area contributed by atoms with E-state index < -0.39 is 0 Å². The van der Waals surface area contributed by atoms with Crippen LogP contribution in [0.25, 0.3) is 0 Å². The van der Waals surface area contributed by atoms with E-state index in [4.69, 9.17) is 16.3 Å². The Kier molecular flexibility index (Phi) is 5.51. The van der Waals surface area contributed by atoms with E-state index >= 15 is 0 Å². The van der Waals surface area contributed by atoms with Gasteiger partial charge in [0.2, 0.25) is 0 Å². The molecule has 1 N–H and O–H groups in total. The van der Waals surface area contributed by atoms with Crippen LogP contribution in [0.3, 0.4) is 0 Å². The van der Waals surface area contributed by atoms with Crippen molar-refractivity contribution in [3.8, 4) is 5.75 Å². The number of hydrogen-bond donors (Lipinski definition) is 1. The van der Waals surface area contributed by atoms with Crippen LogP contribution in [-0.2, 0) is 0 Å². The van der Waals surface area contributed by atoms with Gasteiger partial charge in [-0.3, -0.25) is 0 Å². The molecule has 0 aliphatic rings. The van der Waals surface area contributed by atoms with Crippen molar-refractivity contribution in [3.63, 3.8) is 0 Å². The number of aryl methyl sites for hydroxylation is 1. The van der Waals surface area contributed by atoms with Gasteiger partial charge in [0.1, 0.15) is 5.75 Å². The van der Waals surface area contributed by atoms with Gasteiger partial charge in [-0.05, 0) is 44.1 Å². The average molecular weight is 228 g/mol. The maximum absolute atomic E-state index is 5.89. The van der Waals surface area contributed by atoms with Crippen molar-refractivity contribution in [1.29, 1.82) is 0 Å². The van der Waals surface area contributed by atoms with Crippen molar-refractivity contribution in [2.75, 3.05) is 19.7 Å². The summed E-state index contributed by atoms with van der Waals surface area (Å²) >= 11 is 5.89. The molecule has 0 unspecified atom stereocenters. The number of benzene rings is 1. The Morgan fingerprint density at radius 1 is 1.40 bits per heavy atom. The van der Waals surface area contributed by atoms with Crippen LogP contribution in [0.15, 0.2) is 18.2 Å². The van der Waals surface area contributed by atoms with Gasteiger partial charge in [0.05, 0.1) is 6.61 Å². The van der Waals surface area contributed by atoms with Gasteiger partial charge in [-0.1, -0.05) is 24.6 Å². The Balaban J connectivity index is 2.33. The molecule has 0 heterocycles. The summed E-state index contributed by atoms with van der Waals surface area (Å²) in [5, 5.41) is 3.98. The zero-order valence-corrected chi connectivity index (χ0v) is 10.1. The fourth-order valence-electron chi connectivity index (χ4n) is 1.29. The second-order valence-electron chi connectivity index (χ2n) is 3.47. The third kappa shape index (κ3) is 4.54. The zero-order chi connectivity index (χ0) is 11.1. The van der Waals surface area contributed by atoms with Crippen molar-refractivity contribution >= 4 is 11.6 Å². The van der Waals surface area contributed by atoms with Crippen LogP contribution in [0.4, 0.5) is 0 Å². The van der Waals surface area contributed by atoms with Crippen LogP contribution in [-0.4, -0.2) is 19.7 Å². The lowest BCUT2D eigenvalue weighted by Crippen LogP contribution is -2.16. The van der Waals surface area contributed by atoms with E-state index in [9.17, 15) is 0 Å². The minimum absolute atomic E-state index is 0.724. The molecule has 2 nitrogen and oxygen atoms in total. The molecule has 1 aromatic rings. The third-order valence-corrected chi connectivity index (χ3v) is 2.39. The van der Waals surface area contributed by atoms with Gasteiger partial charge in [0.25, 0.3) is 0 Å². The summed E-state index contributed by atoms with van der Waals surface area (Å²) in [6.07, 6.45) is 1.01. The normalized spacial score (nSPS) is 10.3. The quantitative estimate of drug-likeness (QED) is 0.755. The largest absolute Gasteiger partial charge is 0.493 e. The summed E-state index contributed by atoms with van der Waals surface area (Å²) in [4.78, 5) is 0. The van der Waals surface area contributed by atoms with Crippen molar-refractivity contribution in [2.45, 2.75) is 20.3 Å². The molecule has 0 saturated carbocycles. The smallest absolute Gasteiger partial charge is 0.123 e. The molecule has 0 atom stereocenters. The standard InChI is InChI=1S/C12H18ClNO/c1-3-14-7-4-8-15-12-9-11(13)6-5-10(12)2/h5-6,9,14H,3-4,7-8H2,1-2H3. The van der Waals surface area contributed by atoms with E-state index in [0.717, 1.165) is 42.5 Å². The van der Waals surface area contributed by atoms with Crippen LogP contribution in [0.1, 0.15) is 18.9 Å². The highest BCUT2D eigenvalue weighted by molar-refractivity contribution is 6.30. The first kappa shape index (κ1) is 12.3. The molecule has 84 valence electrons. The van der Waals surface area contributed by atoms with E-state index in [1.54, 1.807) is 0 Å². The highest BCUT2D eigenvalue weighted by Gasteiger charge is 1.99. The minimum Gasteiger partial charge on any atom is -0.493 e. The van der Waals surface area contributed by atoms with E-state index in [1.807, 2.05) is 25.1 Å². The third-order valence-electron chi connectivity index (χ3n) is 2.16. The molecule has 0 aliphatic heterocycles. The number of rotatable bonds is 6. The van der Waals surface area contributed by atoms with Gasteiger partial charge in [-0.25, -0.2) is 0 Å². The van der Waals surface area contributed by atoms with E-state index in [2.05, 4.69) is 12.2 Å². The van der Waals surface area contributed by atoms with E-state index in [1.165, 1.54) is 0 Å². The lowest BCUT2D eigenvalue weighted by molar-refractivity contribution is 0.307. The van der Waals surface area contributed by atoms with Crippen molar-refractivity contribution in [3.05, 3.63) is 28.8 Å². The predicted molar refractivity (Wildman–Crippen MR) is 64.8 cm³/mol. The maximum atomic E-state index is 5.89. The monoisotopic (exact) mass is 227 g/mol. The van der Waals surface area contributed by atoms with Gasteiger partial charge >= 0.3 is 0 Å². The molecule has 0 aliphatic carbocycles. The van der Waals surface area contributed by atoms with E-state index in [0.29, 0.717) is 0 Å². The highest BCUT2D eigenvalue weighted by Crippen LogP contribution is 2.22. The second-order valence-corrected chi connectivity index (χ2v) is 3.90. The van der Waals surface area contributed by atoms with Crippen LogP contribution in [0.5, 0.6) is 5.75 Å². The molecule has 15 heavy (non-hydrogen) atoms. The molecule has 0 radical (unpaired) electrons. The van der Waals surface area contributed by atoms with Crippen LogP contribution < -0.4 is 10.1 Å². The summed E-state index contributed by atoms with van der Waals surface area (Å²) in [6.45, 7) is 6.86. The van der Waals surface area contributed by atoms with Gasteiger partial charge in [0.15, 0.2) is 0 Å². The molecule has 0 fully saturated rings. The number of ether oxygens (including phenoxy) is 1. The summed E-state index contributed by atoms with van der Waals surface area (Å²) in [6, 6.07) is 5.72. The molecular formula is C12H18ClNO. The second kappa shape index (κ2) is 6.70. The Morgan fingerprint density at radius 2 is 2.20 bits per heavy atom. The van der Waals surface area contributed by atoms with Gasteiger partial charge < -0.3 is 10.1 Å². The summed E-state index contributed by atoms with van der Waals surface area (Å²) in [5.41, 5.74) is 1.13. The summed E-state index contributed by atoms with van der Waals surface area (Å²) < 4.78 is 5.64. The zero-order valence-electron chi connectivity index (χ0n) is 9.35. The lowest BCUT2D eigenvalue weighted by Gasteiger charge is -2.09. The molecule has 3 heteroatoms. The first-order valence-corrected chi connectivity index (χ1v) is 5.71. The van der Waals surface area contributed by atoms with E-state index in [-0.39, 0.29) is 0 Å². The van der Waals surface area contributed by atoms with Gasteiger partial charge in [-0.15, -0.1) is 0 Å².